The van der Waals surface area contributed by atoms with Crippen molar-refractivity contribution in [3.8, 4) is 16.8 Å². The lowest BCUT2D eigenvalue weighted by Crippen LogP contribution is -1.93. The van der Waals surface area contributed by atoms with Crippen LogP contribution in [0.3, 0.4) is 0 Å². The molecule has 0 amide bonds. The molecule has 0 N–H and O–H groups in total. The van der Waals surface area contributed by atoms with E-state index >= 15 is 0 Å². The number of nitrogens with zero attached hydrogens (tertiary/aromatic N) is 2. The molecule has 0 fully saturated rings. The topological polar surface area (TPSA) is 9.29 Å². The molecule has 0 aliphatic heterocycles. The van der Waals surface area contributed by atoms with Gasteiger partial charge in [0.2, 0.25) is 0 Å². The summed E-state index contributed by atoms with van der Waals surface area (Å²) in [6, 6.07) is 47.4. The van der Waals surface area contributed by atoms with Gasteiger partial charge in [-0.15, -0.1) is 0 Å². The van der Waals surface area contributed by atoms with Gasteiger partial charge in [-0.05, 0) is 91.3 Å². The summed E-state index contributed by atoms with van der Waals surface area (Å²) in [5.74, 6) is 0. The first kappa shape index (κ1) is 21.7. The number of aromatic nitrogens is 1. The van der Waals surface area contributed by atoms with E-state index in [9.17, 15) is 0 Å². The van der Waals surface area contributed by atoms with Crippen molar-refractivity contribution < 1.29 is 0 Å². The molecule has 8 rings (SSSR count). The van der Waals surface area contributed by atoms with Crippen LogP contribution in [0, 0.1) is 6.57 Å². The molecule has 0 saturated heterocycles. The van der Waals surface area contributed by atoms with Gasteiger partial charge in [-0.25, -0.2) is 4.85 Å². The van der Waals surface area contributed by atoms with E-state index in [0.29, 0.717) is 5.69 Å². The molecule has 0 atom stereocenters. The van der Waals surface area contributed by atoms with Gasteiger partial charge in [0.15, 0.2) is 5.69 Å². The molecule has 0 aliphatic carbocycles. The summed E-state index contributed by atoms with van der Waals surface area (Å²) in [6.07, 6.45) is 0. The summed E-state index contributed by atoms with van der Waals surface area (Å²) in [5, 5.41) is 9.81. The lowest BCUT2D eigenvalue weighted by atomic mass is 9.90. The van der Waals surface area contributed by atoms with E-state index < -0.39 is 0 Å². The van der Waals surface area contributed by atoms with Crippen molar-refractivity contribution in [2.75, 3.05) is 0 Å². The maximum atomic E-state index is 7.63. The molecule has 8 aromatic rings. The van der Waals surface area contributed by atoms with E-state index in [2.05, 4.69) is 125 Å². The molecule has 0 spiro atoms. The van der Waals surface area contributed by atoms with Crippen molar-refractivity contribution in [1.29, 1.82) is 0 Å². The monoisotopic (exact) mass is 494 g/mol. The lowest BCUT2D eigenvalue weighted by Gasteiger charge is -2.13. The summed E-state index contributed by atoms with van der Waals surface area (Å²) in [6.45, 7) is 7.63. The molecule has 2 heteroatoms. The van der Waals surface area contributed by atoms with Crippen molar-refractivity contribution in [3.63, 3.8) is 0 Å². The maximum Gasteiger partial charge on any atom is 0.188 e. The van der Waals surface area contributed by atoms with E-state index in [1.165, 1.54) is 43.4 Å². The molecule has 7 aromatic carbocycles. The van der Waals surface area contributed by atoms with Crippen LogP contribution in [0.25, 0.3) is 75.8 Å². The highest BCUT2D eigenvalue weighted by molar-refractivity contribution is 6.21. The van der Waals surface area contributed by atoms with E-state index in [1.807, 2.05) is 18.2 Å². The Labute approximate surface area is 225 Å². The normalized spacial score (nSPS) is 11.6. The van der Waals surface area contributed by atoms with Crippen LogP contribution >= 0.6 is 0 Å². The first-order valence-electron chi connectivity index (χ1n) is 13.1. The highest BCUT2D eigenvalue weighted by Crippen LogP contribution is 2.41. The van der Waals surface area contributed by atoms with Crippen LogP contribution in [-0.2, 0) is 0 Å². The van der Waals surface area contributed by atoms with Crippen molar-refractivity contribution in [2.45, 2.75) is 0 Å². The molecule has 39 heavy (non-hydrogen) atoms. The van der Waals surface area contributed by atoms with Crippen LogP contribution < -0.4 is 0 Å². The fraction of sp³-hybridized carbons (Fsp3) is 0. The average Bonchev–Trinajstić information content (AvgIpc) is 3.33. The van der Waals surface area contributed by atoms with Gasteiger partial charge in [-0.2, -0.15) is 0 Å². The predicted octanol–water partition coefficient (Wildman–Crippen LogP) is 10.5. The largest absolute Gasteiger partial charge is 0.309 e. The third-order valence-corrected chi connectivity index (χ3v) is 7.97. The van der Waals surface area contributed by atoms with Crippen LogP contribution in [0.2, 0.25) is 0 Å². The molecule has 0 bridgehead atoms. The second-order valence-corrected chi connectivity index (χ2v) is 10.1. The Bertz CT molecular complexity index is 2280. The van der Waals surface area contributed by atoms with Crippen molar-refractivity contribution in [2.24, 2.45) is 0 Å². The van der Waals surface area contributed by atoms with Crippen LogP contribution in [0.15, 0.2) is 133 Å². The number of hydrogen-bond donors (Lipinski definition) is 0. The van der Waals surface area contributed by atoms with Gasteiger partial charge in [0, 0.05) is 11.1 Å². The Kier molecular flexibility index (Phi) is 4.62. The molecule has 1 aromatic heterocycles. The summed E-state index contributed by atoms with van der Waals surface area (Å²) in [5.41, 5.74) is 6.41. The number of fused-ring (bicyclic) bond motifs is 8. The van der Waals surface area contributed by atoms with Crippen molar-refractivity contribution in [3.05, 3.63) is 145 Å². The summed E-state index contributed by atoms with van der Waals surface area (Å²) >= 11 is 0. The minimum Gasteiger partial charge on any atom is -0.309 e. The molecular weight excluding hydrogens is 472 g/mol. The fourth-order valence-corrected chi connectivity index (χ4v) is 6.20. The Morgan fingerprint density at radius 1 is 0.462 bits per heavy atom. The molecular formula is C37H22N2. The Hall–Kier alpha value is -5.39. The highest BCUT2D eigenvalue weighted by Gasteiger charge is 2.16. The molecule has 180 valence electrons. The van der Waals surface area contributed by atoms with E-state index in [-0.39, 0.29) is 0 Å². The van der Waals surface area contributed by atoms with Gasteiger partial charge < -0.3 is 4.57 Å². The molecule has 0 radical (unpaired) electrons. The lowest BCUT2D eigenvalue weighted by molar-refractivity contribution is 1.18. The van der Waals surface area contributed by atoms with Gasteiger partial charge in [-0.3, -0.25) is 0 Å². The first-order chi connectivity index (χ1) is 19.3. The van der Waals surface area contributed by atoms with Gasteiger partial charge in [0.05, 0.1) is 17.6 Å². The Morgan fingerprint density at radius 3 is 1.95 bits per heavy atom. The smallest absolute Gasteiger partial charge is 0.188 e. The first-order valence-corrected chi connectivity index (χ1v) is 13.1. The van der Waals surface area contributed by atoms with Crippen LogP contribution in [0.4, 0.5) is 5.69 Å². The van der Waals surface area contributed by atoms with Crippen LogP contribution in [0.5, 0.6) is 0 Å². The summed E-state index contributed by atoms with van der Waals surface area (Å²) in [4.78, 5) is 3.73. The van der Waals surface area contributed by atoms with Gasteiger partial charge >= 0.3 is 0 Å². The Balaban J connectivity index is 1.48. The Morgan fingerprint density at radius 2 is 1.13 bits per heavy atom. The SMILES string of the molecule is [C-]#[N+]c1ccc2c(c1)c1cc(-c3cc4c5ccccc5ccc4c4ccccc34)ccc1n2-c1ccccc1. The molecule has 1 heterocycles. The molecule has 0 saturated carbocycles. The fourth-order valence-electron chi connectivity index (χ4n) is 6.20. The standard InChI is InChI=1S/C37H22N2/c1-38-26-17-20-37-35(22-26)34-21-25(16-19-36(34)39(37)27-10-3-2-4-11-27)32-23-33-28-12-6-5-9-24(28)15-18-31(33)29-13-7-8-14-30(29)32/h2-23H. The van der Waals surface area contributed by atoms with E-state index in [4.69, 9.17) is 6.57 Å². The number of benzene rings is 7. The second kappa shape index (κ2) is 8.31. The van der Waals surface area contributed by atoms with Crippen molar-refractivity contribution >= 4 is 59.8 Å². The third kappa shape index (κ3) is 3.21. The number of para-hydroxylation sites is 1. The van der Waals surface area contributed by atoms with Crippen LogP contribution in [0.1, 0.15) is 0 Å². The minimum absolute atomic E-state index is 0.655. The van der Waals surface area contributed by atoms with Gasteiger partial charge in [-0.1, -0.05) is 91.0 Å². The molecule has 0 aliphatic rings. The summed E-state index contributed by atoms with van der Waals surface area (Å²) < 4.78 is 2.30. The zero-order valence-electron chi connectivity index (χ0n) is 21.1. The van der Waals surface area contributed by atoms with Gasteiger partial charge in [0.25, 0.3) is 0 Å². The quantitative estimate of drug-likeness (QED) is 0.167. The number of hydrogen-bond acceptors (Lipinski definition) is 0. The maximum absolute atomic E-state index is 7.63. The summed E-state index contributed by atoms with van der Waals surface area (Å²) in [7, 11) is 0. The zero-order valence-corrected chi connectivity index (χ0v) is 21.1. The third-order valence-electron chi connectivity index (χ3n) is 7.97. The second-order valence-electron chi connectivity index (χ2n) is 10.1. The van der Waals surface area contributed by atoms with Crippen molar-refractivity contribution in [1.82, 2.24) is 4.57 Å². The van der Waals surface area contributed by atoms with Gasteiger partial charge in [0.1, 0.15) is 0 Å². The van der Waals surface area contributed by atoms with Crippen LogP contribution in [-0.4, -0.2) is 4.57 Å². The number of rotatable bonds is 2. The minimum atomic E-state index is 0.655. The van der Waals surface area contributed by atoms with E-state index in [0.717, 1.165) is 27.5 Å². The molecule has 2 nitrogen and oxygen atoms in total. The van der Waals surface area contributed by atoms with E-state index in [1.54, 1.807) is 0 Å². The zero-order chi connectivity index (χ0) is 25.9. The molecule has 0 unspecified atom stereocenters. The highest BCUT2D eigenvalue weighted by atomic mass is 15.0. The predicted molar refractivity (Wildman–Crippen MR) is 165 cm³/mol. The average molecular weight is 495 g/mol.